The smallest absolute Gasteiger partial charge is 0.274 e. The van der Waals surface area contributed by atoms with Crippen LogP contribution >= 0.6 is 0 Å². The van der Waals surface area contributed by atoms with Crippen LogP contribution in [-0.4, -0.2) is 47.5 Å². The van der Waals surface area contributed by atoms with Crippen LogP contribution in [0.4, 0.5) is 5.82 Å². The summed E-state index contributed by atoms with van der Waals surface area (Å²) in [6, 6.07) is 10.1. The monoisotopic (exact) mass is 345 g/mol. The minimum absolute atomic E-state index is 0.697. The van der Waals surface area contributed by atoms with Gasteiger partial charge in [0.2, 0.25) is 0 Å². The van der Waals surface area contributed by atoms with Crippen molar-refractivity contribution in [3.8, 4) is 17.2 Å². The first-order valence-corrected chi connectivity index (χ1v) is 8.59. The van der Waals surface area contributed by atoms with Gasteiger partial charge < -0.3 is 19.1 Å². The van der Waals surface area contributed by atoms with Crippen LogP contribution in [0.5, 0.6) is 17.2 Å². The van der Waals surface area contributed by atoms with Gasteiger partial charge in [-0.3, -0.25) is 4.90 Å². The molecule has 1 saturated heterocycles. The van der Waals surface area contributed by atoms with Gasteiger partial charge in [-0.05, 0) is 12.1 Å². The minimum Gasteiger partial charge on any atom is -0.496 e. The number of benzene rings is 1. The molecule has 0 spiro atoms. The molecule has 1 fully saturated rings. The van der Waals surface area contributed by atoms with Gasteiger partial charge in [-0.2, -0.15) is 0 Å². The number of methoxy groups -OCH3 is 3. The van der Waals surface area contributed by atoms with Crippen LogP contribution in [0.3, 0.4) is 0 Å². The normalized spacial score (nSPS) is 15.1. The van der Waals surface area contributed by atoms with Crippen molar-refractivity contribution < 1.29 is 24.1 Å². The maximum atomic E-state index is 5.56. The number of nitrogens with zero attached hydrogens (tertiary/aromatic N) is 1. The number of rotatable bonds is 6. The highest BCUT2D eigenvalue weighted by Gasteiger charge is 2.27. The van der Waals surface area contributed by atoms with Gasteiger partial charge in [0.05, 0.1) is 33.1 Å². The molecule has 0 radical (unpaired) electrons. The maximum absolute atomic E-state index is 5.56. The summed E-state index contributed by atoms with van der Waals surface area (Å²) in [5.41, 5.74) is 1.15. The molecule has 2 N–H and O–H groups in total. The largest absolute Gasteiger partial charge is 0.496 e. The van der Waals surface area contributed by atoms with Gasteiger partial charge in [0.1, 0.15) is 38.5 Å². The fraction of sp³-hybridized carbons (Fsp3) is 0.421. The highest BCUT2D eigenvalue weighted by atomic mass is 16.5. The number of quaternary nitrogens is 1. The Morgan fingerprint density at radius 1 is 0.960 bits per heavy atom. The van der Waals surface area contributed by atoms with Gasteiger partial charge in [-0.25, -0.2) is 4.98 Å². The van der Waals surface area contributed by atoms with E-state index in [9.17, 15) is 0 Å². The molecule has 1 aromatic carbocycles. The van der Waals surface area contributed by atoms with Gasteiger partial charge in [-0.1, -0.05) is 6.07 Å². The van der Waals surface area contributed by atoms with Gasteiger partial charge in [-0.15, -0.1) is 0 Å². The van der Waals surface area contributed by atoms with E-state index >= 15 is 0 Å². The molecule has 134 valence electrons. The van der Waals surface area contributed by atoms with E-state index in [0.29, 0.717) is 5.75 Å². The summed E-state index contributed by atoms with van der Waals surface area (Å²) in [5.74, 6) is 3.48. The van der Waals surface area contributed by atoms with E-state index in [0.717, 1.165) is 49.8 Å². The first kappa shape index (κ1) is 17.4. The van der Waals surface area contributed by atoms with Crippen molar-refractivity contribution in [1.82, 2.24) is 0 Å². The van der Waals surface area contributed by atoms with Crippen LogP contribution in [0.2, 0.25) is 0 Å². The zero-order valence-electron chi connectivity index (χ0n) is 15.2. The van der Waals surface area contributed by atoms with Crippen molar-refractivity contribution in [3.05, 3.63) is 42.1 Å². The number of pyridine rings is 1. The first-order valence-electron chi connectivity index (χ1n) is 8.59. The average molecular weight is 345 g/mol. The summed E-state index contributed by atoms with van der Waals surface area (Å²) < 4.78 is 16.4. The lowest BCUT2D eigenvalue weighted by atomic mass is 10.1. The molecule has 3 rings (SSSR count). The Bertz CT molecular complexity index is 686. The van der Waals surface area contributed by atoms with Crippen LogP contribution in [0.15, 0.2) is 36.5 Å². The molecule has 6 nitrogen and oxygen atoms in total. The van der Waals surface area contributed by atoms with Crippen LogP contribution in [-0.2, 0) is 6.54 Å². The van der Waals surface area contributed by atoms with Crippen molar-refractivity contribution >= 4 is 5.82 Å². The van der Waals surface area contributed by atoms with Crippen LogP contribution in [0.1, 0.15) is 5.56 Å². The van der Waals surface area contributed by atoms with E-state index in [1.165, 1.54) is 10.7 Å². The number of nitrogens with one attached hydrogen (secondary N) is 2. The summed E-state index contributed by atoms with van der Waals surface area (Å²) >= 11 is 0. The quantitative estimate of drug-likeness (QED) is 0.825. The summed E-state index contributed by atoms with van der Waals surface area (Å²) in [6.45, 7) is 5.15. The molecule has 2 heterocycles. The Balaban J connectivity index is 1.67. The van der Waals surface area contributed by atoms with E-state index in [2.05, 4.69) is 22.0 Å². The third-order valence-electron chi connectivity index (χ3n) is 4.73. The number of hydrogen-bond acceptors (Lipinski definition) is 4. The van der Waals surface area contributed by atoms with Gasteiger partial charge in [0, 0.05) is 12.1 Å². The Hall–Kier alpha value is -2.47. The molecule has 0 unspecified atom stereocenters. The maximum Gasteiger partial charge on any atom is 0.274 e. The van der Waals surface area contributed by atoms with E-state index in [-0.39, 0.29) is 0 Å². The highest BCUT2D eigenvalue weighted by molar-refractivity contribution is 5.50. The van der Waals surface area contributed by atoms with Crippen molar-refractivity contribution in [1.29, 1.82) is 0 Å². The lowest BCUT2D eigenvalue weighted by Gasteiger charge is -2.28. The predicted octanol–water partition coefficient (Wildman–Crippen LogP) is 0.432. The molecule has 0 amide bonds. The molecule has 25 heavy (non-hydrogen) atoms. The number of anilines is 1. The van der Waals surface area contributed by atoms with E-state index in [1.54, 1.807) is 21.3 Å². The van der Waals surface area contributed by atoms with Gasteiger partial charge in [0.15, 0.2) is 11.5 Å². The van der Waals surface area contributed by atoms with E-state index in [1.807, 2.05) is 24.4 Å². The number of aromatic nitrogens is 1. The summed E-state index contributed by atoms with van der Waals surface area (Å²) in [6.07, 6.45) is 1.98. The van der Waals surface area contributed by atoms with Crippen molar-refractivity contribution in [2.45, 2.75) is 6.54 Å². The molecule has 0 bridgehead atoms. The van der Waals surface area contributed by atoms with Crippen molar-refractivity contribution in [2.75, 3.05) is 52.4 Å². The van der Waals surface area contributed by atoms with Gasteiger partial charge in [0.25, 0.3) is 5.82 Å². The summed E-state index contributed by atoms with van der Waals surface area (Å²) in [7, 11) is 5.00. The fourth-order valence-corrected chi connectivity index (χ4v) is 3.32. The van der Waals surface area contributed by atoms with E-state index in [4.69, 9.17) is 14.2 Å². The zero-order valence-corrected chi connectivity index (χ0v) is 15.2. The Kier molecular flexibility index (Phi) is 5.60. The number of H-pyrrole nitrogens is 1. The molecule has 1 aliphatic heterocycles. The van der Waals surface area contributed by atoms with Crippen molar-refractivity contribution in [2.24, 2.45) is 0 Å². The Morgan fingerprint density at radius 3 is 2.24 bits per heavy atom. The lowest BCUT2D eigenvalue weighted by molar-refractivity contribution is -0.914. The zero-order chi connectivity index (χ0) is 17.6. The molecular formula is C19H27N3O3+2. The molecule has 1 aromatic heterocycles. The van der Waals surface area contributed by atoms with Crippen LogP contribution in [0, 0.1) is 0 Å². The Morgan fingerprint density at radius 2 is 1.64 bits per heavy atom. The van der Waals surface area contributed by atoms with Crippen LogP contribution < -0.4 is 29.0 Å². The third-order valence-corrected chi connectivity index (χ3v) is 4.73. The second kappa shape index (κ2) is 8.07. The Labute approximate surface area is 148 Å². The van der Waals surface area contributed by atoms with Crippen molar-refractivity contribution in [3.63, 3.8) is 0 Å². The SMILES string of the molecule is COc1cc(OC)c(OC)cc1C[NH+]1CCN(c2cccc[nH+]2)CC1. The molecule has 0 atom stereocenters. The standard InChI is InChI=1S/C19H25N3O3/c1-23-16-13-18(25-3)17(24-2)12-15(16)14-21-8-10-22(11-9-21)19-6-4-5-7-20-19/h4-7,12-13H,8-11,14H2,1-3H3/p+2. The predicted molar refractivity (Wildman–Crippen MR) is 95.7 cm³/mol. The van der Waals surface area contributed by atoms with Gasteiger partial charge >= 0.3 is 0 Å². The third kappa shape index (κ3) is 3.96. The lowest BCUT2D eigenvalue weighted by Crippen LogP contribution is -3.13. The summed E-state index contributed by atoms with van der Waals surface area (Å²) in [5, 5.41) is 0. The number of aromatic amines is 1. The topological polar surface area (TPSA) is 49.5 Å². The first-order chi connectivity index (χ1) is 12.2. The molecular weight excluding hydrogens is 318 g/mol. The molecule has 1 aliphatic rings. The van der Waals surface area contributed by atoms with E-state index < -0.39 is 0 Å². The fourth-order valence-electron chi connectivity index (χ4n) is 3.32. The second-order valence-corrected chi connectivity index (χ2v) is 6.18. The number of ether oxygens (including phenoxy) is 3. The molecule has 0 saturated carbocycles. The van der Waals surface area contributed by atoms with Crippen LogP contribution in [0.25, 0.3) is 0 Å². The minimum atomic E-state index is 0.697. The number of hydrogen-bond donors (Lipinski definition) is 1. The second-order valence-electron chi connectivity index (χ2n) is 6.18. The average Bonchev–Trinajstić information content (AvgIpc) is 2.69. The summed E-state index contributed by atoms with van der Waals surface area (Å²) in [4.78, 5) is 7.25. The highest BCUT2D eigenvalue weighted by Crippen LogP contribution is 2.34. The molecule has 6 heteroatoms. The number of piperazine rings is 1. The molecule has 0 aliphatic carbocycles. The molecule has 2 aromatic rings.